The van der Waals surface area contributed by atoms with E-state index in [1.165, 1.54) is 50.5 Å². The van der Waals surface area contributed by atoms with Crippen LogP contribution in [0.5, 0.6) is 0 Å². The van der Waals surface area contributed by atoms with Crippen molar-refractivity contribution < 1.29 is 4.74 Å². The molecule has 0 saturated carbocycles. The zero-order chi connectivity index (χ0) is 13.8. The second-order valence-electron chi connectivity index (χ2n) is 4.95. The highest BCUT2D eigenvalue weighted by atomic mass is 35.5. The van der Waals surface area contributed by atoms with Crippen molar-refractivity contribution in [1.82, 2.24) is 0 Å². The van der Waals surface area contributed by atoms with Crippen molar-refractivity contribution in [3.8, 4) is 0 Å². The lowest BCUT2D eigenvalue weighted by Crippen LogP contribution is -1.97. The number of rotatable bonds is 12. The Morgan fingerprint density at radius 2 is 1.68 bits per heavy atom. The number of ether oxygens (including phenoxy) is 1. The molecule has 1 heterocycles. The fourth-order valence-corrected chi connectivity index (χ4v) is 2.97. The predicted molar refractivity (Wildman–Crippen MR) is 86.1 cm³/mol. The molecule has 3 heteroatoms. The topological polar surface area (TPSA) is 9.23 Å². The Kier molecular flexibility index (Phi) is 10.5. The molecule has 19 heavy (non-hydrogen) atoms. The molecule has 0 atom stereocenters. The minimum absolute atomic E-state index is 0.905. The summed E-state index contributed by atoms with van der Waals surface area (Å²) in [6.45, 7) is 5.69. The third kappa shape index (κ3) is 9.48. The van der Waals surface area contributed by atoms with E-state index in [4.69, 9.17) is 16.3 Å². The minimum Gasteiger partial charge on any atom is -0.381 e. The number of aryl methyl sites for hydroxylation is 1. The number of hydrogen-bond donors (Lipinski definition) is 0. The summed E-state index contributed by atoms with van der Waals surface area (Å²) >= 11 is 7.53. The zero-order valence-corrected chi connectivity index (χ0v) is 13.4. The van der Waals surface area contributed by atoms with Gasteiger partial charge in [-0.15, -0.1) is 11.3 Å². The van der Waals surface area contributed by atoms with Gasteiger partial charge in [-0.2, -0.15) is 0 Å². The molecular weight excluding hydrogens is 276 g/mol. The van der Waals surface area contributed by atoms with E-state index in [1.54, 1.807) is 11.3 Å². The molecule has 0 aromatic carbocycles. The molecule has 1 aromatic heterocycles. The van der Waals surface area contributed by atoms with E-state index >= 15 is 0 Å². The van der Waals surface area contributed by atoms with Gasteiger partial charge in [-0.3, -0.25) is 0 Å². The molecule has 0 amide bonds. The molecule has 0 aliphatic heterocycles. The van der Waals surface area contributed by atoms with Gasteiger partial charge in [0.2, 0.25) is 0 Å². The van der Waals surface area contributed by atoms with Crippen molar-refractivity contribution in [2.45, 2.75) is 57.8 Å². The summed E-state index contributed by atoms with van der Waals surface area (Å²) in [6, 6.07) is 2.08. The second kappa shape index (κ2) is 11.7. The number of unbranched alkanes of at least 4 members (excludes halogenated alkanes) is 6. The van der Waals surface area contributed by atoms with E-state index in [2.05, 4.69) is 18.4 Å². The van der Waals surface area contributed by atoms with Crippen LogP contribution in [-0.2, 0) is 11.2 Å². The van der Waals surface area contributed by atoms with Crippen molar-refractivity contribution >= 4 is 22.9 Å². The molecule has 0 unspecified atom stereocenters. The van der Waals surface area contributed by atoms with E-state index in [0.29, 0.717) is 0 Å². The van der Waals surface area contributed by atoms with E-state index in [-0.39, 0.29) is 0 Å². The first kappa shape index (κ1) is 17.0. The summed E-state index contributed by atoms with van der Waals surface area (Å²) in [6.07, 6.45) is 10.9. The van der Waals surface area contributed by atoms with Gasteiger partial charge in [0.05, 0.1) is 4.34 Å². The molecule has 1 nitrogen and oxygen atoms in total. The lowest BCUT2D eigenvalue weighted by Gasteiger charge is -2.04. The third-order valence-electron chi connectivity index (χ3n) is 3.16. The molecule has 0 spiro atoms. The Labute approximate surface area is 127 Å². The molecule has 0 aliphatic carbocycles. The zero-order valence-electron chi connectivity index (χ0n) is 11.8. The second-order valence-corrected chi connectivity index (χ2v) is 6.49. The highest BCUT2D eigenvalue weighted by Crippen LogP contribution is 2.21. The van der Waals surface area contributed by atoms with Crippen LogP contribution in [-0.4, -0.2) is 13.2 Å². The minimum atomic E-state index is 0.905. The van der Waals surface area contributed by atoms with Crippen molar-refractivity contribution in [3.63, 3.8) is 0 Å². The van der Waals surface area contributed by atoms with Crippen LogP contribution in [0.3, 0.4) is 0 Å². The molecule has 0 aliphatic rings. The monoisotopic (exact) mass is 301 g/mol. The average Bonchev–Trinajstić information content (AvgIpc) is 2.82. The van der Waals surface area contributed by atoms with Gasteiger partial charge in [-0.25, -0.2) is 0 Å². The van der Waals surface area contributed by atoms with E-state index < -0.39 is 0 Å². The van der Waals surface area contributed by atoms with Crippen LogP contribution in [0.25, 0.3) is 0 Å². The largest absolute Gasteiger partial charge is 0.381 e. The van der Waals surface area contributed by atoms with Crippen LogP contribution in [0.2, 0.25) is 4.34 Å². The summed E-state index contributed by atoms with van der Waals surface area (Å²) in [5, 5.41) is 2.16. The SMILES string of the molecule is [CH2]CCCCCOCCCCCCc1csc(Cl)c1. The molecule has 1 aromatic rings. The standard InChI is InChI=1S/C16H26ClOS/c1-2-3-4-8-11-18-12-9-6-5-7-10-15-13-16(17)19-14-15/h13-14H,1-12H2. The fraction of sp³-hybridized carbons (Fsp3) is 0.688. The smallest absolute Gasteiger partial charge is 0.0931 e. The van der Waals surface area contributed by atoms with Crippen LogP contribution in [0, 0.1) is 6.92 Å². The molecule has 1 rings (SSSR count). The Bertz CT molecular complexity index is 311. The molecule has 1 radical (unpaired) electrons. The molecular formula is C16H26ClOS. The molecule has 0 saturated heterocycles. The first-order chi connectivity index (χ1) is 9.33. The third-order valence-corrected chi connectivity index (χ3v) is 4.30. The van der Waals surface area contributed by atoms with Crippen LogP contribution >= 0.6 is 22.9 Å². The average molecular weight is 302 g/mol. The predicted octanol–water partition coefficient (Wildman–Crippen LogP) is 5.92. The number of hydrogen-bond acceptors (Lipinski definition) is 2. The molecule has 109 valence electrons. The highest BCUT2D eigenvalue weighted by molar-refractivity contribution is 7.14. The summed E-state index contributed by atoms with van der Waals surface area (Å²) in [4.78, 5) is 0. The van der Waals surface area contributed by atoms with E-state index in [9.17, 15) is 0 Å². The van der Waals surface area contributed by atoms with Crippen LogP contribution in [0.4, 0.5) is 0 Å². The quantitative estimate of drug-likeness (QED) is 0.436. The molecule has 0 fully saturated rings. The summed E-state index contributed by atoms with van der Waals surface area (Å²) in [5.74, 6) is 0. The number of thiophene rings is 1. The Hall–Kier alpha value is -0.0500. The van der Waals surface area contributed by atoms with Gasteiger partial charge in [-0.05, 0) is 42.7 Å². The first-order valence-electron chi connectivity index (χ1n) is 7.43. The number of halogens is 1. The van der Waals surface area contributed by atoms with Crippen LogP contribution in [0.1, 0.15) is 56.9 Å². The Morgan fingerprint density at radius 3 is 2.32 bits per heavy atom. The lowest BCUT2D eigenvalue weighted by molar-refractivity contribution is 0.126. The van der Waals surface area contributed by atoms with Crippen LogP contribution < -0.4 is 0 Å². The van der Waals surface area contributed by atoms with E-state index in [0.717, 1.165) is 30.4 Å². The normalized spacial score (nSPS) is 11.1. The maximum Gasteiger partial charge on any atom is 0.0931 e. The summed E-state index contributed by atoms with van der Waals surface area (Å²) in [7, 11) is 0. The van der Waals surface area contributed by atoms with Crippen molar-refractivity contribution in [3.05, 3.63) is 28.3 Å². The highest BCUT2D eigenvalue weighted by Gasteiger charge is 1.97. The summed E-state index contributed by atoms with van der Waals surface area (Å²) < 4.78 is 6.52. The van der Waals surface area contributed by atoms with Gasteiger partial charge in [0.15, 0.2) is 0 Å². The lowest BCUT2D eigenvalue weighted by atomic mass is 10.1. The van der Waals surface area contributed by atoms with Gasteiger partial charge in [0.1, 0.15) is 0 Å². The summed E-state index contributed by atoms with van der Waals surface area (Å²) in [5.41, 5.74) is 1.39. The van der Waals surface area contributed by atoms with Crippen molar-refractivity contribution in [2.24, 2.45) is 0 Å². The maximum atomic E-state index is 5.90. The van der Waals surface area contributed by atoms with Crippen molar-refractivity contribution in [2.75, 3.05) is 13.2 Å². The van der Waals surface area contributed by atoms with Gasteiger partial charge in [0, 0.05) is 13.2 Å². The van der Waals surface area contributed by atoms with Gasteiger partial charge < -0.3 is 4.74 Å². The fourth-order valence-electron chi connectivity index (χ4n) is 2.02. The van der Waals surface area contributed by atoms with Gasteiger partial charge in [-0.1, -0.05) is 50.6 Å². The van der Waals surface area contributed by atoms with Gasteiger partial charge >= 0.3 is 0 Å². The first-order valence-corrected chi connectivity index (χ1v) is 8.68. The molecule has 0 N–H and O–H groups in total. The van der Waals surface area contributed by atoms with Gasteiger partial charge in [0.25, 0.3) is 0 Å². The van der Waals surface area contributed by atoms with E-state index in [1.807, 2.05) is 0 Å². The maximum absolute atomic E-state index is 5.90. The Balaban J connectivity index is 1.79. The van der Waals surface area contributed by atoms with Crippen molar-refractivity contribution in [1.29, 1.82) is 0 Å². The van der Waals surface area contributed by atoms with Crippen LogP contribution in [0.15, 0.2) is 11.4 Å². The Morgan fingerprint density at radius 1 is 1.00 bits per heavy atom. The molecule has 0 bridgehead atoms.